The Morgan fingerprint density at radius 1 is 1.53 bits per heavy atom. The van der Waals surface area contributed by atoms with E-state index in [0.717, 1.165) is 18.7 Å². The molecule has 0 N–H and O–H groups in total. The summed E-state index contributed by atoms with van der Waals surface area (Å²) in [6.45, 7) is 2.15. The van der Waals surface area contributed by atoms with Gasteiger partial charge < -0.3 is 0 Å². The molecule has 0 aliphatic heterocycles. The summed E-state index contributed by atoms with van der Waals surface area (Å²) in [7, 11) is 2.04. The summed E-state index contributed by atoms with van der Waals surface area (Å²) in [5.74, 6) is 0.791. The van der Waals surface area contributed by atoms with E-state index in [4.69, 9.17) is 11.6 Å². The van der Waals surface area contributed by atoms with E-state index in [-0.39, 0.29) is 0 Å². The Labute approximate surface area is 96.6 Å². The minimum Gasteiger partial charge on any atom is -0.272 e. The first kappa shape index (κ1) is 11.0. The lowest BCUT2D eigenvalue weighted by Crippen LogP contribution is -2.34. The van der Waals surface area contributed by atoms with Gasteiger partial charge >= 0.3 is 0 Å². The van der Waals surface area contributed by atoms with E-state index in [1.165, 1.54) is 30.7 Å². The molecule has 0 bridgehead atoms. The zero-order chi connectivity index (χ0) is 10.9. The molecule has 1 aromatic heterocycles. The van der Waals surface area contributed by atoms with Crippen molar-refractivity contribution in [3.05, 3.63) is 17.5 Å². The molecule has 0 unspecified atom stereocenters. The predicted molar refractivity (Wildman–Crippen MR) is 63.3 cm³/mol. The fraction of sp³-hybridized carbons (Fsp3) is 0.750. The molecule has 1 aliphatic carbocycles. The van der Waals surface area contributed by atoms with Crippen LogP contribution in [0.3, 0.4) is 0 Å². The largest absolute Gasteiger partial charge is 0.272 e. The minimum atomic E-state index is 0.375. The SMILES string of the molecule is CCc1cc(CC2(CCl)CCC2)n(C)n1. The number of alkyl halides is 1. The Hall–Kier alpha value is -0.500. The maximum atomic E-state index is 6.07. The maximum Gasteiger partial charge on any atom is 0.0624 e. The van der Waals surface area contributed by atoms with E-state index >= 15 is 0 Å². The van der Waals surface area contributed by atoms with Gasteiger partial charge in [0.25, 0.3) is 0 Å². The summed E-state index contributed by atoms with van der Waals surface area (Å²) in [6.07, 6.45) is 6.01. The van der Waals surface area contributed by atoms with Crippen LogP contribution in [-0.2, 0) is 19.9 Å². The quantitative estimate of drug-likeness (QED) is 0.722. The molecule has 0 spiro atoms. The molecule has 1 fully saturated rings. The van der Waals surface area contributed by atoms with E-state index in [1.807, 2.05) is 11.7 Å². The fourth-order valence-electron chi connectivity index (χ4n) is 2.33. The molecule has 1 aliphatic rings. The highest BCUT2D eigenvalue weighted by atomic mass is 35.5. The van der Waals surface area contributed by atoms with E-state index in [2.05, 4.69) is 18.1 Å². The van der Waals surface area contributed by atoms with Gasteiger partial charge in [0.05, 0.1) is 5.69 Å². The third-order valence-corrected chi connectivity index (χ3v) is 4.21. The zero-order valence-electron chi connectivity index (χ0n) is 9.59. The second-order valence-electron chi connectivity index (χ2n) is 4.77. The highest BCUT2D eigenvalue weighted by Gasteiger charge is 2.36. The first-order chi connectivity index (χ1) is 7.19. The lowest BCUT2D eigenvalue weighted by atomic mass is 9.67. The van der Waals surface area contributed by atoms with Crippen molar-refractivity contribution in [1.29, 1.82) is 0 Å². The van der Waals surface area contributed by atoms with Crippen LogP contribution in [0.2, 0.25) is 0 Å². The van der Waals surface area contributed by atoms with E-state index in [0.29, 0.717) is 5.41 Å². The summed E-state index contributed by atoms with van der Waals surface area (Å²) < 4.78 is 2.02. The van der Waals surface area contributed by atoms with Crippen molar-refractivity contribution in [1.82, 2.24) is 9.78 Å². The van der Waals surface area contributed by atoms with Gasteiger partial charge in [-0.05, 0) is 37.2 Å². The number of nitrogens with zero attached hydrogens (tertiary/aromatic N) is 2. The number of hydrogen-bond acceptors (Lipinski definition) is 1. The summed E-state index contributed by atoms with van der Waals surface area (Å²) in [4.78, 5) is 0. The number of hydrogen-bond donors (Lipinski definition) is 0. The lowest BCUT2D eigenvalue weighted by molar-refractivity contribution is 0.162. The molecule has 84 valence electrons. The number of aryl methyl sites for hydroxylation is 2. The predicted octanol–water partition coefficient (Wildman–Crippen LogP) is 2.93. The normalized spacial score (nSPS) is 18.9. The van der Waals surface area contributed by atoms with Crippen molar-refractivity contribution in [2.24, 2.45) is 12.5 Å². The standard InChI is InChI=1S/C12H19ClN2/c1-3-10-7-11(15(2)14-10)8-12(9-13)5-4-6-12/h7H,3-6,8-9H2,1-2H3. The maximum absolute atomic E-state index is 6.07. The van der Waals surface area contributed by atoms with Crippen molar-refractivity contribution in [3.8, 4) is 0 Å². The summed E-state index contributed by atoms with van der Waals surface area (Å²) >= 11 is 6.07. The Morgan fingerprint density at radius 2 is 2.27 bits per heavy atom. The van der Waals surface area contributed by atoms with Crippen molar-refractivity contribution in [3.63, 3.8) is 0 Å². The van der Waals surface area contributed by atoms with E-state index in [9.17, 15) is 0 Å². The van der Waals surface area contributed by atoms with Gasteiger partial charge in [-0.2, -0.15) is 5.10 Å². The van der Waals surface area contributed by atoms with Crippen molar-refractivity contribution in [2.45, 2.75) is 39.0 Å². The van der Waals surface area contributed by atoms with Crippen LogP contribution >= 0.6 is 11.6 Å². The molecule has 0 aromatic carbocycles. The molecule has 2 rings (SSSR count). The second kappa shape index (κ2) is 4.17. The number of rotatable bonds is 4. The number of halogens is 1. The molecular weight excluding hydrogens is 208 g/mol. The first-order valence-corrected chi connectivity index (χ1v) is 6.30. The van der Waals surface area contributed by atoms with E-state index < -0.39 is 0 Å². The molecule has 3 heteroatoms. The van der Waals surface area contributed by atoms with Crippen LogP contribution in [0, 0.1) is 5.41 Å². The topological polar surface area (TPSA) is 17.8 Å². The minimum absolute atomic E-state index is 0.375. The third kappa shape index (κ3) is 2.05. The average molecular weight is 227 g/mol. The Morgan fingerprint density at radius 3 is 2.67 bits per heavy atom. The smallest absolute Gasteiger partial charge is 0.0624 e. The highest BCUT2D eigenvalue weighted by Crippen LogP contribution is 2.44. The molecular formula is C12H19ClN2. The van der Waals surface area contributed by atoms with Crippen LogP contribution in [0.1, 0.15) is 37.6 Å². The second-order valence-corrected chi connectivity index (χ2v) is 5.04. The first-order valence-electron chi connectivity index (χ1n) is 5.77. The molecule has 0 amide bonds. The third-order valence-electron chi connectivity index (χ3n) is 3.64. The van der Waals surface area contributed by atoms with Gasteiger partial charge in [0.15, 0.2) is 0 Å². The van der Waals surface area contributed by atoms with Crippen LogP contribution in [0.15, 0.2) is 6.07 Å². The molecule has 2 nitrogen and oxygen atoms in total. The Kier molecular flexibility index (Phi) is 3.06. The van der Waals surface area contributed by atoms with Crippen LogP contribution in [-0.4, -0.2) is 15.7 Å². The van der Waals surface area contributed by atoms with Gasteiger partial charge in [-0.3, -0.25) is 4.68 Å². The summed E-state index contributed by atoms with van der Waals surface area (Å²) in [6, 6.07) is 2.23. The van der Waals surface area contributed by atoms with Crippen LogP contribution in [0.25, 0.3) is 0 Å². The molecule has 1 saturated carbocycles. The molecule has 1 aromatic rings. The van der Waals surface area contributed by atoms with Crippen molar-refractivity contribution in [2.75, 3.05) is 5.88 Å². The Balaban J connectivity index is 2.12. The van der Waals surface area contributed by atoms with Gasteiger partial charge in [0.1, 0.15) is 0 Å². The Bertz CT molecular complexity index is 334. The molecule has 15 heavy (non-hydrogen) atoms. The highest BCUT2D eigenvalue weighted by molar-refractivity contribution is 6.18. The van der Waals surface area contributed by atoms with Gasteiger partial charge in [0, 0.05) is 18.6 Å². The van der Waals surface area contributed by atoms with Gasteiger partial charge in [-0.15, -0.1) is 11.6 Å². The van der Waals surface area contributed by atoms with E-state index in [1.54, 1.807) is 0 Å². The van der Waals surface area contributed by atoms with Crippen LogP contribution in [0.5, 0.6) is 0 Å². The summed E-state index contributed by atoms with van der Waals surface area (Å²) in [5.41, 5.74) is 2.91. The monoisotopic (exact) mass is 226 g/mol. The summed E-state index contributed by atoms with van der Waals surface area (Å²) in [5, 5.41) is 4.48. The van der Waals surface area contributed by atoms with Crippen LogP contribution < -0.4 is 0 Å². The number of aromatic nitrogens is 2. The van der Waals surface area contributed by atoms with Crippen molar-refractivity contribution < 1.29 is 0 Å². The molecule has 1 heterocycles. The molecule has 0 atom stereocenters. The lowest BCUT2D eigenvalue weighted by Gasteiger charge is -2.40. The fourth-order valence-corrected chi connectivity index (χ4v) is 2.69. The van der Waals surface area contributed by atoms with Gasteiger partial charge in [-0.25, -0.2) is 0 Å². The van der Waals surface area contributed by atoms with Crippen LogP contribution in [0.4, 0.5) is 0 Å². The van der Waals surface area contributed by atoms with Gasteiger partial charge in [-0.1, -0.05) is 13.3 Å². The average Bonchev–Trinajstić information content (AvgIpc) is 2.53. The molecule has 0 saturated heterocycles. The molecule has 0 radical (unpaired) electrons. The zero-order valence-corrected chi connectivity index (χ0v) is 10.3. The van der Waals surface area contributed by atoms with Gasteiger partial charge in [0.2, 0.25) is 0 Å². The van der Waals surface area contributed by atoms with Crippen molar-refractivity contribution >= 4 is 11.6 Å².